The highest BCUT2D eigenvalue weighted by Gasteiger charge is 2.10. The summed E-state index contributed by atoms with van der Waals surface area (Å²) in [7, 11) is -0.783. The fourth-order valence-corrected chi connectivity index (χ4v) is 2.52. The summed E-state index contributed by atoms with van der Waals surface area (Å²) >= 11 is 0. The van der Waals surface area contributed by atoms with Gasteiger partial charge < -0.3 is 10.3 Å². The molecule has 1 unspecified atom stereocenters. The largest absolute Gasteiger partial charge is 0.399 e. The predicted molar refractivity (Wildman–Crippen MR) is 77.1 cm³/mol. The van der Waals surface area contributed by atoms with Gasteiger partial charge in [-0.15, -0.1) is 0 Å². The first-order valence-electron chi connectivity index (χ1n) is 6.16. The average molecular weight is 265 g/mol. The predicted octanol–water partition coefficient (Wildman–Crippen LogP) is 1.95. The molecule has 18 heavy (non-hydrogen) atoms. The van der Waals surface area contributed by atoms with Crippen LogP contribution in [0.25, 0.3) is 11.0 Å². The van der Waals surface area contributed by atoms with Crippen LogP contribution in [0.3, 0.4) is 0 Å². The summed E-state index contributed by atoms with van der Waals surface area (Å²) in [5.41, 5.74) is 8.52. The molecule has 0 spiro atoms. The Morgan fingerprint density at radius 2 is 2.22 bits per heavy atom. The van der Waals surface area contributed by atoms with Crippen molar-refractivity contribution in [1.82, 2.24) is 9.55 Å². The highest BCUT2D eigenvalue weighted by atomic mass is 32.2. The van der Waals surface area contributed by atoms with E-state index in [1.54, 1.807) is 6.26 Å². The normalized spacial score (nSPS) is 13.0. The van der Waals surface area contributed by atoms with Gasteiger partial charge in [0.25, 0.3) is 0 Å². The minimum Gasteiger partial charge on any atom is -0.399 e. The number of nitrogens with zero attached hydrogens (tertiary/aromatic N) is 2. The van der Waals surface area contributed by atoms with Gasteiger partial charge in [-0.25, -0.2) is 4.98 Å². The molecule has 98 valence electrons. The summed E-state index contributed by atoms with van der Waals surface area (Å²) in [6.45, 7) is 2.88. The average Bonchev–Trinajstić information content (AvgIpc) is 2.63. The topological polar surface area (TPSA) is 60.9 Å². The maximum absolute atomic E-state index is 11.3. The van der Waals surface area contributed by atoms with Crippen molar-refractivity contribution in [3.05, 3.63) is 24.0 Å². The standard InChI is InChI=1S/C13H19N3OS/c1-3-4-13-15-11-9-10(14)5-6-12(11)16(13)7-8-18(2)17/h5-6,9H,3-4,7-8,14H2,1-2H3. The monoisotopic (exact) mass is 265 g/mol. The SMILES string of the molecule is CCCc1nc2cc(N)ccc2n1CCS(C)=O. The van der Waals surface area contributed by atoms with Gasteiger partial charge >= 0.3 is 0 Å². The second-order valence-electron chi connectivity index (χ2n) is 4.46. The molecular weight excluding hydrogens is 246 g/mol. The first-order valence-corrected chi connectivity index (χ1v) is 7.89. The van der Waals surface area contributed by atoms with Crippen LogP contribution in [0.1, 0.15) is 19.2 Å². The Balaban J connectivity index is 2.44. The lowest BCUT2D eigenvalue weighted by Crippen LogP contribution is -2.09. The van der Waals surface area contributed by atoms with Crippen molar-refractivity contribution in [3.8, 4) is 0 Å². The molecule has 0 aliphatic rings. The number of nitrogen functional groups attached to an aromatic ring is 1. The van der Waals surface area contributed by atoms with Crippen LogP contribution < -0.4 is 5.73 Å². The molecular formula is C13H19N3OS. The zero-order valence-corrected chi connectivity index (χ0v) is 11.7. The number of fused-ring (bicyclic) bond motifs is 1. The fraction of sp³-hybridized carbons (Fsp3) is 0.462. The molecule has 1 aromatic heterocycles. The van der Waals surface area contributed by atoms with E-state index in [2.05, 4.69) is 16.5 Å². The first-order chi connectivity index (χ1) is 8.61. The van der Waals surface area contributed by atoms with Crippen LogP contribution in [0, 0.1) is 0 Å². The minimum atomic E-state index is -0.783. The molecule has 0 saturated carbocycles. The van der Waals surface area contributed by atoms with Gasteiger partial charge in [-0.1, -0.05) is 6.92 Å². The number of aryl methyl sites for hydroxylation is 2. The van der Waals surface area contributed by atoms with Crippen LogP contribution in [0.15, 0.2) is 18.2 Å². The van der Waals surface area contributed by atoms with Crippen LogP contribution in [0.4, 0.5) is 5.69 Å². The van der Waals surface area contributed by atoms with E-state index < -0.39 is 10.8 Å². The Bertz CT molecular complexity index is 577. The first kappa shape index (κ1) is 13.1. The Kier molecular flexibility index (Phi) is 4.01. The van der Waals surface area contributed by atoms with Gasteiger partial charge in [0.15, 0.2) is 0 Å². The molecule has 2 rings (SSSR count). The highest BCUT2D eigenvalue weighted by molar-refractivity contribution is 7.84. The Morgan fingerprint density at radius 3 is 2.89 bits per heavy atom. The molecule has 0 radical (unpaired) electrons. The minimum absolute atomic E-state index is 0.659. The van der Waals surface area contributed by atoms with Gasteiger partial charge in [-0.3, -0.25) is 4.21 Å². The van der Waals surface area contributed by atoms with Crippen LogP contribution in [-0.4, -0.2) is 25.8 Å². The van der Waals surface area contributed by atoms with E-state index >= 15 is 0 Å². The third kappa shape index (κ3) is 2.72. The Morgan fingerprint density at radius 1 is 1.44 bits per heavy atom. The van der Waals surface area contributed by atoms with Crippen molar-refractivity contribution >= 4 is 27.5 Å². The number of anilines is 1. The molecule has 0 aliphatic carbocycles. The lowest BCUT2D eigenvalue weighted by Gasteiger charge is -2.07. The van der Waals surface area contributed by atoms with E-state index in [4.69, 9.17) is 5.73 Å². The number of nitrogens with two attached hydrogens (primary N) is 1. The zero-order chi connectivity index (χ0) is 13.1. The number of benzene rings is 1. The molecule has 2 aromatic rings. The fourth-order valence-electron chi connectivity index (χ4n) is 2.08. The second-order valence-corrected chi connectivity index (χ2v) is 6.01. The van der Waals surface area contributed by atoms with Crippen molar-refractivity contribution in [3.63, 3.8) is 0 Å². The van der Waals surface area contributed by atoms with Crippen LogP contribution >= 0.6 is 0 Å². The number of hydrogen-bond donors (Lipinski definition) is 1. The lowest BCUT2D eigenvalue weighted by molar-refractivity contribution is 0.669. The van der Waals surface area contributed by atoms with Crippen LogP contribution in [-0.2, 0) is 23.8 Å². The molecule has 1 heterocycles. The van der Waals surface area contributed by atoms with E-state index in [9.17, 15) is 4.21 Å². The third-order valence-electron chi connectivity index (χ3n) is 2.93. The molecule has 0 aliphatic heterocycles. The molecule has 0 fully saturated rings. The smallest absolute Gasteiger partial charge is 0.109 e. The number of rotatable bonds is 5. The summed E-state index contributed by atoms with van der Waals surface area (Å²) in [5, 5.41) is 0. The van der Waals surface area contributed by atoms with E-state index in [0.29, 0.717) is 5.75 Å². The second kappa shape index (κ2) is 5.52. The molecule has 0 amide bonds. The van der Waals surface area contributed by atoms with Crippen LogP contribution in [0.5, 0.6) is 0 Å². The van der Waals surface area contributed by atoms with Crippen molar-refractivity contribution in [2.75, 3.05) is 17.7 Å². The molecule has 2 N–H and O–H groups in total. The Hall–Kier alpha value is -1.36. The molecule has 1 atom stereocenters. The Labute approximate surface area is 110 Å². The molecule has 5 heteroatoms. The molecule has 0 saturated heterocycles. The number of hydrogen-bond acceptors (Lipinski definition) is 3. The van der Waals surface area contributed by atoms with Gasteiger partial charge in [0.1, 0.15) is 5.82 Å². The summed E-state index contributed by atoms with van der Waals surface area (Å²) in [5.74, 6) is 1.72. The van der Waals surface area contributed by atoms with Crippen molar-refractivity contribution in [2.24, 2.45) is 0 Å². The van der Waals surface area contributed by atoms with Crippen LogP contribution in [0.2, 0.25) is 0 Å². The molecule has 0 bridgehead atoms. The summed E-state index contributed by atoms with van der Waals surface area (Å²) in [6.07, 6.45) is 3.72. The van der Waals surface area contributed by atoms with Gasteiger partial charge in [-0.05, 0) is 24.6 Å². The van der Waals surface area contributed by atoms with Gasteiger partial charge in [0.05, 0.1) is 11.0 Å². The number of aromatic nitrogens is 2. The summed E-state index contributed by atoms with van der Waals surface area (Å²) < 4.78 is 13.4. The maximum Gasteiger partial charge on any atom is 0.109 e. The highest BCUT2D eigenvalue weighted by Crippen LogP contribution is 2.20. The van der Waals surface area contributed by atoms with Gasteiger partial charge in [0.2, 0.25) is 0 Å². The molecule has 1 aromatic carbocycles. The van der Waals surface area contributed by atoms with E-state index in [1.807, 2.05) is 18.2 Å². The maximum atomic E-state index is 11.3. The van der Waals surface area contributed by atoms with Gasteiger partial charge in [-0.2, -0.15) is 0 Å². The summed E-state index contributed by atoms with van der Waals surface area (Å²) in [4.78, 5) is 4.63. The van der Waals surface area contributed by atoms with E-state index in [-0.39, 0.29) is 0 Å². The van der Waals surface area contributed by atoms with Crippen molar-refractivity contribution < 1.29 is 4.21 Å². The molecule has 4 nitrogen and oxygen atoms in total. The van der Waals surface area contributed by atoms with E-state index in [1.165, 1.54) is 0 Å². The zero-order valence-electron chi connectivity index (χ0n) is 10.8. The van der Waals surface area contributed by atoms with Crippen molar-refractivity contribution in [1.29, 1.82) is 0 Å². The quantitative estimate of drug-likeness (QED) is 0.841. The van der Waals surface area contributed by atoms with Crippen molar-refractivity contribution in [2.45, 2.75) is 26.3 Å². The third-order valence-corrected chi connectivity index (χ3v) is 3.68. The number of imidazole rings is 1. The van der Waals surface area contributed by atoms with Gasteiger partial charge in [0, 0.05) is 41.5 Å². The lowest BCUT2D eigenvalue weighted by atomic mass is 10.3. The van der Waals surface area contributed by atoms with E-state index in [0.717, 1.165) is 41.9 Å². The summed E-state index contributed by atoms with van der Waals surface area (Å²) in [6, 6.07) is 5.78.